The maximum atomic E-state index is 11.2. The number of aliphatic hydroxyl groups excluding tert-OH is 2. The highest BCUT2D eigenvalue weighted by Crippen LogP contribution is 2.07. The van der Waals surface area contributed by atoms with Crippen LogP contribution in [0.5, 0.6) is 0 Å². The molecule has 15 heavy (non-hydrogen) atoms. The van der Waals surface area contributed by atoms with Gasteiger partial charge in [-0.15, -0.1) is 0 Å². The number of carbonyl (C=O) groups is 2. The highest BCUT2D eigenvalue weighted by Gasteiger charge is 2.27. The summed E-state index contributed by atoms with van der Waals surface area (Å²) < 4.78 is 0. The number of carbonyl (C=O) groups excluding carboxylic acids is 1. The van der Waals surface area contributed by atoms with Crippen molar-refractivity contribution in [3.05, 3.63) is 12.2 Å². The summed E-state index contributed by atoms with van der Waals surface area (Å²) in [5.41, 5.74) is -1.10. The standard InChI is InChI=1S/C9H15NO5/c1-2-9(5-11,6-12)10-7(13)3-4-8(14)15/h3-4,11-12H,2,5-6H2,1H3,(H,10,13)(H,14,15)/b4-3+. The molecule has 0 aromatic heterocycles. The summed E-state index contributed by atoms with van der Waals surface area (Å²) in [6, 6.07) is 0. The Hall–Kier alpha value is -1.40. The molecule has 0 rings (SSSR count). The Labute approximate surface area is 87.2 Å². The minimum absolute atomic E-state index is 0.340. The Bertz CT molecular complexity index is 249. The Morgan fingerprint density at radius 2 is 1.80 bits per heavy atom. The van der Waals surface area contributed by atoms with Gasteiger partial charge in [0.15, 0.2) is 0 Å². The SMILES string of the molecule is CCC(CO)(CO)NC(=O)/C=C/C(=O)O. The van der Waals surface area contributed by atoms with Gasteiger partial charge in [-0.05, 0) is 6.42 Å². The fourth-order valence-corrected chi connectivity index (χ4v) is 0.891. The van der Waals surface area contributed by atoms with E-state index in [4.69, 9.17) is 15.3 Å². The predicted octanol–water partition coefficient (Wildman–Crippen LogP) is -1.12. The molecule has 0 spiro atoms. The van der Waals surface area contributed by atoms with Crippen molar-refractivity contribution < 1.29 is 24.9 Å². The summed E-state index contributed by atoms with van der Waals surface area (Å²) in [7, 11) is 0. The summed E-state index contributed by atoms with van der Waals surface area (Å²) in [4.78, 5) is 21.3. The molecule has 0 aromatic rings. The quantitative estimate of drug-likeness (QED) is 0.421. The molecular formula is C9H15NO5. The highest BCUT2D eigenvalue weighted by atomic mass is 16.4. The van der Waals surface area contributed by atoms with Crippen molar-refractivity contribution in [3.8, 4) is 0 Å². The summed E-state index contributed by atoms with van der Waals surface area (Å²) >= 11 is 0. The number of aliphatic carboxylic acids is 1. The minimum Gasteiger partial charge on any atom is -0.478 e. The van der Waals surface area contributed by atoms with E-state index in [2.05, 4.69) is 5.32 Å². The Balaban J connectivity index is 4.42. The van der Waals surface area contributed by atoms with Gasteiger partial charge in [-0.25, -0.2) is 4.79 Å². The number of carboxylic acids is 1. The second kappa shape index (κ2) is 6.15. The molecule has 1 amide bonds. The molecule has 0 unspecified atom stereocenters. The first-order chi connectivity index (χ1) is 6.99. The van der Waals surface area contributed by atoms with Gasteiger partial charge < -0.3 is 20.6 Å². The van der Waals surface area contributed by atoms with Crippen molar-refractivity contribution in [1.82, 2.24) is 5.32 Å². The highest BCUT2D eigenvalue weighted by molar-refractivity contribution is 5.94. The number of hydrogen-bond acceptors (Lipinski definition) is 4. The lowest BCUT2D eigenvalue weighted by molar-refractivity contribution is -0.131. The number of aliphatic hydroxyl groups is 2. The summed E-state index contributed by atoms with van der Waals surface area (Å²) in [6.07, 6.45) is 1.86. The molecule has 0 aliphatic heterocycles. The zero-order valence-electron chi connectivity index (χ0n) is 8.43. The van der Waals surface area contributed by atoms with Gasteiger partial charge >= 0.3 is 5.97 Å². The normalized spacial score (nSPS) is 11.7. The van der Waals surface area contributed by atoms with Crippen molar-refractivity contribution in [2.24, 2.45) is 0 Å². The smallest absolute Gasteiger partial charge is 0.328 e. The molecular weight excluding hydrogens is 202 g/mol. The number of hydrogen-bond donors (Lipinski definition) is 4. The molecule has 0 saturated carbocycles. The van der Waals surface area contributed by atoms with Crippen LogP contribution >= 0.6 is 0 Å². The van der Waals surface area contributed by atoms with Gasteiger partial charge in [0, 0.05) is 12.2 Å². The van der Waals surface area contributed by atoms with E-state index < -0.39 is 30.6 Å². The van der Waals surface area contributed by atoms with Crippen LogP contribution in [0.1, 0.15) is 13.3 Å². The maximum absolute atomic E-state index is 11.2. The van der Waals surface area contributed by atoms with Crippen molar-refractivity contribution >= 4 is 11.9 Å². The second-order valence-electron chi connectivity index (χ2n) is 3.11. The van der Waals surface area contributed by atoms with Gasteiger partial charge in [0.05, 0.1) is 18.8 Å². The van der Waals surface area contributed by atoms with E-state index in [0.717, 1.165) is 6.08 Å². The van der Waals surface area contributed by atoms with Gasteiger partial charge in [-0.1, -0.05) is 6.92 Å². The molecule has 0 aliphatic rings. The van der Waals surface area contributed by atoms with Crippen LogP contribution in [0, 0.1) is 0 Å². The van der Waals surface area contributed by atoms with Crippen molar-refractivity contribution in [1.29, 1.82) is 0 Å². The average molecular weight is 217 g/mol. The van der Waals surface area contributed by atoms with Crippen molar-refractivity contribution in [2.45, 2.75) is 18.9 Å². The summed E-state index contributed by atoms with van der Waals surface area (Å²) in [5.74, 6) is -1.90. The minimum atomic E-state index is -1.24. The number of rotatable bonds is 6. The van der Waals surface area contributed by atoms with Gasteiger partial charge in [0.1, 0.15) is 0 Å². The number of nitrogens with one attached hydrogen (secondary N) is 1. The molecule has 0 radical (unpaired) electrons. The molecule has 6 nitrogen and oxygen atoms in total. The van der Waals surface area contributed by atoms with Crippen molar-refractivity contribution in [3.63, 3.8) is 0 Å². The van der Waals surface area contributed by atoms with Crippen LogP contribution in [0.25, 0.3) is 0 Å². The van der Waals surface area contributed by atoms with Gasteiger partial charge in [-0.3, -0.25) is 4.79 Å². The van der Waals surface area contributed by atoms with Gasteiger partial charge in [0.2, 0.25) is 5.91 Å². The fraction of sp³-hybridized carbons (Fsp3) is 0.556. The molecule has 0 aromatic carbocycles. The molecule has 0 saturated heterocycles. The first-order valence-electron chi connectivity index (χ1n) is 4.44. The first kappa shape index (κ1) is 13.6. The van der Waals surface area contributed by atoms with Crippen molar-refractivity contribution in [2.75, 3.05) is 13.2 Å². The zero-order valence-corrected chi connectivity index (χ0v) is 8.43. The molecule has 0 aliphatic carbocycles. The van der Waals surface area contributed by atoms with Crippen LogP contribution in [0.15, 0.2) is 12.2 Å². The topological polar surface area (TPSA) is 107 Å². The Morgan fingerprint density at radius 1 is 1.27 bits per heavy atom. The largest absolute Gasteiger partial charge is 0.478 e. The van der Waals surface area contributed by atoms with E-state index in [1.165, 1.54) is 0 Å². The van der Waals surface area contributed by atoms with Gasteiger partial charge in [-0.2, -0.15) is 0 Å². The van der Waals surface area contributed by atoms with Crippen LogP contribution in [0.4, 0.5) is 0 Å². The van der Waals surface area contributed by atoms with E-state index in [-0.39, 0.29) is 0 Å². The second-order valence-corrected chi connectivity index (χ2v) is 3.11. The number of amides is 1. The lowest BCUT2D eigenvalue weighted by atomic mass is 9.98. The van der Waals surface area contributed by atoms with Crippen LogP contribution in [0.3, 0.4) is 0 Å². The Morgan fingerprint density at radius 3 is 2.13 bits per heavy atom. The average Bonchev–Trinajstić information content (AvgIpc) is 2.23. The van der Waals surface area contributed by atoms with E-state index in [0.29, 0.717) is 12.5 Å². The first-order valence-corrected chi connectivity index (χ1v) is 4.44. The molecule has 4 N–H and O–H groups in total. The molecule has 86 valence electrons. The third-order valence-corrected chi connectivity index (χ3v) is 2.05. The van der Waals surface area contributed by atoms with E-state index in [9.17, 15) is 9.59 Å². The van der Waals surface area contributed by atoms with Crippen LogP contribution in [0.2, 0.25) is 0 Å². The predicted molar refractivity (Wildman–Crippen MR) is 52.1 cm³/mol. The third kappa shape index (κ3) is 4.57. The molecule has 0 bridgehead atoms. The molecule has 6 heteroatoms. The lowest BCUT2D eigenvalue weighted by Crippen LogP contribution is -2.53. The van der Waals surface area contributed by atoms with Gasteiger partial charge in [0.25, 0.3) is 0 Å². The summed E-state index contributed by atoms with van der Waals surface area (Å²) in [6.45, 7) is 0.868. The summed E-state index contributed by atoms with van der Waals surface area (Å²) in [5, 5.41) is 28.6. The zero-order chi connectivity index (χ0) is 11.9. The molecule has 0 atom stereocenters. The maximum Gasteiger partial charge on any atom is 0.328 e. The molecule has 0 fully saturated rings. The van der Waals surface area contributed by atoms with Crippen LogP contribution < -0.4 is 5.32 Å². The number of carboxylic acid groups (broad SMARTS) is 1. The van der Waals surface area contributed by atoms with E-state index in [1.807, 2.05) is 0 Å². The fourth-order valence-electron chi connectivity index (χ4n) is 0.891. The van der Waals surface area contributed by atoms with Crippen LogP contribution in [-0.2, 0) is 9.59 Å². The molecule has 0 heterocycles. The third-order valence-electron chi connectivity index (χ3n) is 2.05. The van der Waals surface area contributed by atoms with E-state index in [1.54, 1.807) is 6.92 Å². The van der Waals surface area contributed by atoms with Crippen LogP contribution in [-0.4, -0.2) is 45.9 Å². The monoisotopic (exact) mass is 217 g/mol. The lowest BCUT2D eigenvalue weighted by Gasteiger charge is -2.28. The Kier molecular flexibility index (Phi) is 5.58. The van der Waals surface area contributed by atoms with E-state index >= 15 is 0 Å².